The molecule has 0 N–H and O–H groups in total. The fourth-order valence-corrected chi connectivity index (χ4v) is 3.38. The van der Waals surface area contributed by atoms with Crippen LogP contribution in [0.1, 0.15) is 11.1 Å². The van der Waals surface area contributed by atoms with Crippen LogP contribution in [0.4, 0.5) is 4.79 Å². The molecule has 1 fully saturated rings. The molecule has 5 heteroatoms. The Balaban J connectivity index is 1.49. The smallest absolute Gasteiger partial charge is 0.417 e. The molecule has 1 aromatic heterocycles. The van der Waals surface area contributed by atoms with Crippen LogP contribution in [-0.4, -0.2) is 34.5 Å². The second-order valence-electron chi connectivity index (χ2n) is 6.82. The molecule has 4 rings (SSSR count). The number of hydrogen-bond acceptors (Lipinski definition) is 4. The Bertz CT molecular complexity index is 1030. The highest BCUT2D eigenvalue weighted by Crippen LogP contribution is 2.21. The summed E-state index contributed by atoms with van der Waals surface area (Å²) in [5.41, 5.74) is 4.01. The van der Waals surface area contributed by atoms with E-state index < -0.39 is 6.09 Å². The summed E-state index contributed by atoms with van der Waals surface area (Å²) in [6.45, 7) is 0.213. The zero-order valence-electron chi connectivity index (χ0n) is 15.8. The predicted molar refractivity (Wildman–Crippen MR) is 111 cm³/mol. The molecule has 1 aliphatic heterocycles. The molecule has 1 atom stereocenters. The number of cyclic esters (lactones) is 1. The summed E-state index contributed by atoms with van der Waals surface area (Å²) < 4.78 is 5.13. The first-order chi connectivity index (χ1) is 14.2. The number of nitrogens with zero attached hydrogens (tertiary/aromatic N) is 2. The molecule has 2 amide bonds. The first-order valence-electron chi connectivity index (χ1n) is 9.43. The number of aromatic nitrogens is 1. The SMILES string of the molecule is O=C(C=Cc1cccc(-c2ccncc2)c1)N1C(=O)OCC1Cc1ccccc1. The van der Waals surface area contributed by atoms with Gasteiger partial charge in [-0.15, -0.1) is 0 Å². The van der Waals surface area contributed by atoms with Gasteiger partial charge in [0.15, 0.2) is 0 Å². The summed E-state index contributed by atoms with van der Waals surface area (Å²) in [5.74, 6) is -0.372. The van der Waals surface area contributed by atoms with Crippen molar-refractivity contribution in [3.8, 4) is 11.1 Å². The third-order valence-electron chi connectivity index (χ3n) is 4.83. The highest BCUT2D eigenvalue weighted by Gasteiger charge is 2.36. The fourth-order valence-electron chi connectivity index (χ4n) is 3.38. The second-order valence-corrected chi connectivity index (χ2v) is 6.82. The summed E-state index contributed by atoms with van der Waals surface area (Å²) in [6.07, 6.45) is 6.62. The lowest BCUT2D eigenvalue weighted by atomic mass is 10.0. The average molecular weight is 384 g/mol. The summed E-state index contributed by atoms with van der Waals surface area (Å²) in [6, 6.07) is 21.2. The Kier molecular flexibility index (Phi) is 5.47. The molecular weight excluding hydrogens is 364 g/mol. The molecule has 2 aromatic carbocycles. The van der Waals surface area contributed by atoms with Gasteiger partial charge in [-0.1, -0.05) is 48.5 Å². The zero-order chi connectivity index (χ0) is 20.1. The van der Waals surface area contributed by atoms with E-state index in [2.05, 4.69) is 4.98 Å². The number of imide groups is 1. The van der Waals surface area contributed by atoms with Gasteiger partial charge in [0.1, 0.15) is 6.61 Å². The van der Waals surface area contributed by atoms with Crippen molar-refractivity contribution >= 4 is 18.1 Å². The first-order valence-corrected chi connectivity index (χ1v) is 9.43. The lowest BCUT2D eigenvalue weighted by Crippen LogP contribution is -2.39. The maximum Gasteiger partial charge on any atom is 0.417 e. The molecule has 5 nitrogen and oxygen atoms in total. The largest absolute Gasteiger partial charge is 0.447 e. The lowest BCUT2D eigenvalue weighted by Gasteiger charge is -2.18. The standard InChI is InChI=1S/C24H20N2O3/c27-23(26-22(17-29-24(26)28)16-18-5-2-1-3-6-18)10-9-19-7-4-8-21(15-19)20-11-13-25-14-12-20/h1-15,22H,16-17H2. The molecule has 1 saturated heterocycles. The highest BCUT2D eigenvalue weighted by molar-refractivity contribution is 6.02. The molecule has 1 aliphatic rings. The van der Waals surface area contributed by atoms with Gasteiger partial charge in [0.25, 0.3) is 5.91 Å². The van der Waals surface area contributed by atoms with Gasteiger partial charge in [0, 0.05) is 18.5 Å². The van der Waals surface area contributed by atoms with Crippen LogP contribution in [0.25, 0.3) is 17.2 Å². The minimum absolute atomic E-state index is 0.213. The number of carbonyl (C=O) groups excluding carboxylic acids is 2. The van der Waals surface area contributed by atoms with E-state index in [1.165, 1.54) is 11.0 Å². The number of carbonyl (C=O) groups is 2. The summed E-state index contributed by atoms with van der Waals surface area (Å²) in [5, 5.41) is 0. The molecule has 1 unspecified atom stereocenters. The highest BCUT2D eigenvalue weighted by atomic mass is 16.6. The molecule has 29 heavy (non-hydrogen) atoms. The van der Waals surface area contributed by atoms with Crippen LogP contribution in [-0.2, 0) is 16.0 Å². The number of rotatable bonds is 5. The monoisotopic (exact) mass is 384 g/mol. The van der Waals surface area contributed by atoms with E-state index in [0.29, 0.717) is 6.42 Å². The van der Waals surface area contributed by atoms with Crippen LogP contribution < -0.4 is 0 Å². The summed E-state index contributed by atoms with van der Waals surface area (Å²) >= 11 is 0. The quantitative estimate of drug-likeness (QED) is 0.614. The average Bonchev–Trinajstić information content (AvgIpc) is 3.13. The van der Waals surface area contributed by atoms with Crippen LogP contribution in [0, 0.1) is 0 Å². The molecule has 0 radical (unpaired) electrons. The van der Waals surface area contributed by atoms with Gasteiger partial charge >= 0.3 is 6.09 Å². The Morgan fingerprint density at radius 3 is 2.62 bits per heavy atom. The minimum atomic E-state index is -0.592. The van der Waals surface area contributed by atoms with Crippen molar-refractivity contribution in [1.82, 2.24) is 9.88 Å². The van der Waals surface area contributed by atoms with Crippen molar-refractivity contribution in [2.24, 2.45) is 0 Å². The van der Waals surface area contributed by atoms with Gasteiger partial charge < -0.3 is 4.74 Å². The van der Waals surface area contributed by atoms with Crippen molar-refractivity contribution in [1.29, 1.82) is 0 Å². The van der Waals surface area contributed by atoms with E-state index in [1.807, 2.05) is 66.7 Å². The number of hydrogen-bond donors (Lipinski definition) is 0. The Hall–Kier alpha value is -3.73. The molecule has 3 aromatic rings. The molecule has 0 aliphatic carbocycles. The first kappa shape index (κ1) is 18.6. The van der Waals surface area contributed by atoms with Crippen LogP contribution in [0.2, 0.25) is 0 Å². The lowest BCUT2D eigenvalue weighted by molar-refractivity contribution is -0.124. The summed E-state index contributed by atoms with van der Waals surface area (Å²) in [4.78, 5) is 30.1. The van der Waals surface area contributed by atoms with Crippen LogP contribution >= 0.6 is 0 Å². The topological polar surface area (TPSA) is 59.5 Å². The van der Waals surface area contributed by atoms with Crippen molar-refractivity contribution in [3.63, 3.8) is 0 Å². The van der Waals surface area contributed by atoms with E-state index in [1.54, 1.807) is 18.5 Å². The maximum atomic E-state index is 12.7. The van der Waals surface area contributed by atoms with Crippen molar-refractivity contribution < 1.29 is 14.3 Å². The number of pyridine rings is 1. The van der Waals surface area contributed by atoms with Gasteiger partial charge in [0.05, 0.1) is 6.04 Å². The van der Waals surface area contributed by atoms with Gasteiger partial charge in [-0.05, 0) is 52.9 Å². The maximum absolute atomic E-state index is 12.7. The molecule has 2 heterocycles. The fraction of sp³-hybridized carbons (Fsp3) is 0.125. The van der Waals surface area contributed by atoms with Crippen LogP contribution in [0.3, 0.4) is 0 Å². The zero-order valence-corrected chi connectivity index (χ0v) is 15.8. The molecule has 0 saturated carbocycles. The predicted octanol–water partition coefficient (Wildman–Crippen LogP) is 4.35. The molecule has 0 spiro atoms. The third-order valence-corrected chi connectivity index (χ3v) is 4.83. The van der Waals surface area contributed by atoms with Gasteiger partial charge in [-0.3, -0.25) is 9.78 Å². The van der Waals surface area contributed by atoms with Gasteiger partial charge in [0.2, 0.25) is 0 Å². The second kappa shape index (κ2) is 8.52. The van der Waals surface area contributed by atoms with Crippen LogP contribution in [0.5, 0.6) is 0 Å². The number of benzene rings is 2. The third kappa shape index (κ3) is 4.41. The molecular formula is C24H20N2O3. The van der Waals surface area contributed by atoms with Gasteiger partial charge in [-0.25, -0.2) is 9.69 Å². The molecule has 144 valence electrons. The number of ether oxygens (including phenoxy) is 1. The minimum Gasteiger partial charge on any atom is -0.447 e. The normalized spacial score (nSPS) is 16.2. The Morgan fingerprint density at radius 2 is 1.83 bits per heavy atom. The van der Waals surface area contributed by atoms with E-state index in [-0.39, 0.29) is 18.6 Å². The number of amides is 2. The summed E-state index contributed by atoms with van der Waals surface area (Å²) in [7, 11) is 0. The van der Waals surface area contributed by atoms with Crippen molar-refractivity contribution in [2.75, 3.05) is 6.61 Å². The molecule has 0 bridgehead atoms. The van der Waals surface area contributed by atoms with Gasteiger partial charge in [-0.2, -0.15) is 0 Å². The van der Waals surface area contributed by atoms with E-state index in [4.69, 9.17) is 4.74 Å². The van der Waals surface area contributed by atoms with Crippen molar-refractivity contribution in [2.45, 2.75) is 12.5 Å². The van der Waals surface area contributed by atoms with Crippen LogP contribution in [0.15, 0.2) is 85.2 Å². The van der Waals surface area contributed by atoms with E-state index in [9.17, 15) is 9.59 Å². The van der Waals surface area contributed by atoms with E-state index in [0.717, 1.165) is 22.3 Å². The van der Waals surface area contributed by atoms with E-state index >= 15 is 0 Å². The Labute approximate surface area is 169 Å². The Morgan fingerprint density at radius 1 is 1.03 bits per heavy atom. The van der Waals surface area contributed by atoms with Crippen molar-refractivity contribution in [3.05, 3.63) is 96.3 Å².